The van der Waals surface area contributed by atoms with Crippen molar-refractivity contribution in [2.24, 2.45) is 5.73 Å². The van der Waals surface area contributed by atoms with Gasteiger partial charge in [-0.05, 0) is 61.4 Å². The fourth-order valence-corrected chi connectivity index (χ4v) is 5.08. The summed E-state index contributed by atoms with van der Waals surface area (Å²) in [5.41, 5.74) is 1.08. The van der Waals surface area contributed by atoms with E-state index in [1.807, 2.05) is 0 Å². The molecule has 9 nitrogen and oxygen atoms in total. The van der Waals surface area contributed by atoms with Crippen LogP contribution in [-0.4, -0.2) is 60.1 Å². The number of pyridine rings is 2. The van der Waals surface area contributed by atoms with Crippen LogP contribution in [0.5, 0.6) is 11.5 Å². The number of nitrogens with one attached hydrogen (secondary N) is 1. The highest BCUT2D eigenvalue weighted by atomic mass is 19.4. The maximum Gasteiger partial charge on any atom is 0.414 e. The predicted octanol–water partition coefficient (Wildman–Crippen LogP) is 4.35. The van der Waals surface area contributed by atoms with Crippen molar-refractivity contribution in [1.29, 1.82) is 0 Å². The van der Waals surface area contributed by atoms with E-state index in [0.717, 1.165) is 31.0 Å². The Morgan fingerprint density at radius 2 is 1.93 bits per heavy atom. The molecule has 2 aromatic heterocycles. The van der Waals surface area contributed by atoms with Gasteiger partial charge >= 0.3 is 6.18 Å². The van der Waals surface area contributed by atoms with E-state index in [-0.39, 0.29) is 34.4 Å². The summed E-state index contributed by atoms with van der Waals surface area (Å²) in [6.07, 6.45) is -1.47. The van der Waals surface area contributed by atoms with Gasteiger partial charge in [-0.15, -0.1) is 0 Å². The van der Waals surface area contributed by atoms with Crippen LogP contribution in [0.3, 0.4) is 0 Å². The number of fused-ring (bicyclic) bond motifs is 2. The first kappa shape index (κ1) is 29.7. The summed E-state index contributed by atoms with van der Waals surface area (Å²) < 4.78 is 73.0. The van der Waals surface area contributed by atoms with Crippen LogP contribution in [0, 0.1) is 5.82 Å². The zero-order valence-corrected chi connectivity index (χ0v) is 23.5. The van der Waals surface area contributed by atoms with E-state index in [0.29, 0.717) is 16.7 Å². The summed E-state index contributed by atoms with van der Waals surface area (Å²) in [5, 5.41) is 15.1. The first-order valence-electron chi connectivity index (χ1n) is 13.8. The first-order chi connectivity index (χ1) is 20.9. The molecule has 4 N–H and O–H groups in total. The number of ether oxygens (including phenoxy) is 3. The summed E-state index contributed by atoms with van der Waals surface area (Å²) in [4.78, 5) is 22.2. The summed E-state index contributed by atoms with van der Waals surface area (Å²) in [5.74, 6) is -0.951. The zero-order valence-electron chi connectivity index (χ0n) is 23.5. The molecule has 230 valence electrons. The molecule has 44 heavy (non-hydrogen) atoms. The molecule has 0 spiro atoms. The lowest BCUT2D eigenvalue weighted by Gasteiger charge is -2.30. The van der Waals surface area contributed by atoms with E-state index in [9.17, 15) is 27.5 Å². The minimum atomic E-state index is -4.92. The minimum Gasteiger partial charge on any atom is -0.488 e. The van der Waals surface area contributed by atoms with Crippen LogP contribution in [0.25, 0.3) is 22.2 Å². The van der Waals surface area contributed by atoms with Crippen molar-refractivity contribution in [2.45, 2.75) is 36.3 Å². The third-order valence-corrected chi connectivity index (χ3v) is 7.67. The Hall–Kier alpha value is -4.33. The number of alkyl halides is 3. The van der Waals surface area contributed by atoms with Crippen molar-refractivity contribution in [2.75, 3.05) is 26.9 Å². The Balaban J connectivity index is 1.37. The van der Waals surface area contributed by atoms with E-state index in [4.69, 9.17) is 19.9 Å². The molecule has 6 rings (SSSR count). The molecule has 2 atom stereocenters. The van der Waals surface area contributed by atoms with Gasteiger partial charge in [0, 0.05) is 35.4 Å². The number of amides is 1. The highest BCUT2D eigenvalue weighted by molar-refractivity contribution is 6.00. The van der Waals surface area contributed by atoms with E-state index < -0.39 is 54.4 Å². The van der Waals surface area contributed by atoms with Crippen LogP contribution in [-0.2, 0) is 15.9 Å². The topological polar surface area (TPSA) is 129 Å². The molecule has 1 aliphatic carbocycles. The Kier molecular flexibility index (Phi) is 7.42. The molecular formula is C31H28F4N4O5. The van der Waals surface area contributed by atoms with Crippen LogP contribution in [0.4, 0.5) is 17.6 Å². The first-order valence-corrected chi connectivity index (χ1v) is 13.8. The number of carbonyl (C=O) groups excluding carboxylic acids is 1. The summed E-state index contributed by atoms with van der Waals surface area (Å²) >= 11 is 0. The normalized spacial score (nSPS) is 19.2. The van der Waals surface area contributed by atoms with Gasteiger partial charge in [0.2, 0.25) is 0 Å². The quantitative estimate of drug-likeness (QED) is 0.238. The SMILES string of the molecule is COC[C@](O)(CNC(=O)c1cc(OC2CC2)c2ncccc2c1)c1cc2c(c(-c3ccc(F)cc3)n1)OC[C@@]2(N)C(F)(F)F. The van der Waals surface area contributed by atoms with E-state index in [2.05, 4.69) is 15.3 Å². The number of hydrogen-bond acceptors (Lipinski definition) is 8. The lowest BCUT2D eigenvalue weighted by molar-refractivity contribution is -0.191. The van der Waals surface area contributed by atoms with Gasteiger partial charge < -0.3 is 30.4 Å². The number of carbonyl (C=O) groups is 1. The smallest absolute Gasteiger partial charge is 0.414 e. The number of nitrogens with zero attached hydrogens (tertiary/aromatic N) is 2. The van der Waals surface area contributed by atoms with Crippen molar-refractivity contribution in [3.8, 4) is 22.8 Å². The second-order valence-corrected chi connectivity index (χ2v) is 11.0. The average Bonchev–Trinajstić information content (AvgIpc) is 3.75. The molecule has 13 heteroatoms. The molecule has 1 fully saturated rings. The van der Waals surface area contributed by atoms with Crippen molar-refractivity contribution >= 4 is 16.8 Å². The Morgan fingerprint density at radius 3 is 2.61 bits per heavy atom. The van der Waals surface area contributed by atoms with Gasteiger partial charge in [-0.1, -0.05) is 6.07 Å². The van der Waals surface area contributed by atoms with Crippen molar-refractivity contribution in [1.82, 2.24) is 15.3 Å². The van der Waals surface area contributed by atoms with Crippen LogP contribution in [0.1, 0.15) is 34.5 Å². The Morgan fingerprint density at radius 1 is 1.18 bits per heavy atom. The van der Waals surface area contributed by atoms with Crippen LogP contribution >= 0.6 is 0 Å². The lowest BCUT2D eigenvalue weighted by Crippen LogP contribution is -2.52. The number of rotatable bonds is 9. The van der Waals surface area contributed by atoms with Crippen LogP contribution in [0.15, 0.2) is 60.8 Å². The largest absolute Gasteiger partial charge is 0.488 e. The summed E-state index contributed by atoms with van der Waals surface area (Å²) in [6, 6.07) is 12.6. The highest BCUT2D eigenvalue weighted by Crippen LogP contribution is 2.49. The van der Waals surface area contributed by atoms with Crippen LogP contribution < -0.4 is 20.5 Å². The monoisotopic (exact) mass is 612 g/mol. The molecule has 3 heterocycles. The number of benzene rings is 2. The second-order valence-electron chi connectivity index (χ2n) is 11.0. The van der Waals surface area contributed by atoms with E-state index in [1.165, 1.54) is 19.2 Å². The molecule has 2 aliphatic rings. The van der Waals surface area contributed by atoms with E-state index in [1.54, 1.807) is 30.5 Å². The lowest BCUT2D eigenvalue weighted by atomic mass is 9.88. The third kappa shape index (κ3) is 5.42. The number of aromatic nitrogens is 2. The molecule has 1 saturated carbocycles. The number of halogens is 4. The molecule has 0 saturated heterocycles. The molecule has 0 bridgehead atoms. The van der Waals surface area contributed by atoms with Gasteiger partial charge in [0.05, 0.1) is 24.9 Å². The average molecular weight is 613 g/mol. The highest BCUT2D eigenvalue weighted by Gasteiger charge is 2.59. The predicted molar refractivity (Wildman–Crippen MR) is 151 cm³/mol. The molecule has 4 aromatic rings. The minimum absolute atomic E-state index is 0.0434. The second kappa shape index (κ2) is 11.0. The van der Waals surface area contributed by atoms with Gasteiger partial charge in [0.1, 0.15) is 35.0 Å². The molecule has 2 aromatic carbocycles. The standard InChI is InChI=1S/C31H28F4N4O5/c1-42-15-29(41,14-38-28(40)19-11-18-3-2-10-37-25(18)23(12-19)44-21-8-9-21)24-13-22-27(43-16-30(22,36)31(33,34)35)26(39-24)17-4-6-20(32)7-5-17/h2-7,10-13,21,41H,8-9,14-16,36H2,1H3,(H,38,40)/t29-,30+/m1/s1. The van der Waals surface area contributed by atoms with Gasteiger partial charge in [0.25, 0.3) is 5.91 Å². The summed E-state index contributed by atoms with van der Waals surface area (Å²) in [7, 11) is 1.28. The molecular weight excluding hydrogens is 584 g/mol. The van der Waals surface area contributed by atoms with Gasteiger partial charge in [-0.25, -0.2) is 9.37 Å². The molecule has 0 radical (unpaired) electrons. The van der Waals surface area contributed by atoms with Gasteiger partial charge in [-0.3, -0.25) is 9.78 Å². The van der Waals surface area contributed by atoms with Crippen LogP contribution in [0.2, 0.25) is 0 Å². The third-order valence-electron chi connectivity index (χ3n) is 7.67. The number of nitrogens with two attached hydrogens (primary N) is 1. The van der Waals surface area contributed by atoms with E-state index >= 15 is 0 Å². The van der Waals surface area contributed by atoms with Gasteiger partial charge in [0.15, 0.2) is 11.3 Å². The maximum atomic E-state index is 14.2. The maximum absolute atomic E-state index is 14.2. The Labute approximate surface area is 249 Å². The van der Waals surface area contributed by atoms with Crippen molar-refractivity contribution in [3.63, 3.8) is 0 Å². The van der Waals surface area contributed by atoms with Gasteiger partial charge in [-0.2, -0.15) is 13.2 Å². The van der Waals surface area contributed by atoms with Crippen molar-refractivity contribution in [3.05, 3.63) is 83.4 Å². The fourth-order valence-electron chi connectivity index (χ4n) is 5.08. The molecule has 1 amide bonds. The molecule has 1 aliphatic heterocycles. The Bertz CT molecular complexity index is 1730. The van der Waals surface area contributed by atoms with Crippen molar-refractivity contribution < 1.29 is 41.7 Å². The number of aliphatic hydroxyl groups is 1. The fraction of sp³-hybridized carbons (Fsp3) is 0.323. The number of hydrogen-bond donors (Lipinski definition) is 3. The molecule has 0 unspecified atom stereocenters. The zero-order chi connectivity index (χ0) is 31.3. The number of methoxy groups -OCH3 is 1. The summed E-state index contributed by atoms with van der Waals surface area (Å²) in [6.45, 7) is -1.88.